The molecule has 1 aliphatic rings. The molecule has 0 radical (unpaired) electrons. The van der Waals surface area contributed by atoms with Gasteiger partial charge >= 0.3 is 0 Å². The molecule has 1 unspecified atom stereocenters. The Morgan fingerprint density at radius 3 is 3.06 bits per heavy atom. The van der Waals surface area contributed by atoms with Crippen LogP contribution in [0.25, 0.3) is 0 Å². The number of hydrogen-bond acceptors (Lipinski definition) is 3. The van der Waals surface area contributed by atoms with E-state index in [0.29, 0.717) is 6.42 Å². The molecule has 1 aromatic heterocycles. The number of benzene rings is 1. The van der Waals surface area contributed by atoms with Gasteiger partial charge in [0.05, 0.1) is 5.69 Å². The first kappa shape index (κ1) is 11.3. The lowest BCUT2D eigenvalue weighted by atomic mass is 9.88. The van der Waals surface area contributed by atoms with Gasteiger partial charge in [-0.2, -0.15) is 0 Å². The van der Waals surface area contributed by atoms with Crippen molar-refractivity contribution in [2.24, 2.45) is 12.8 Å². The van der Waals surface area contributed by atoms with Crippen LogP contribution in [0.4, 0.5) is 4.39 Å². The van der Waals surface area contributed by atoms with E-state index in [9.17, 15) is 4.39 Å². The van der Waals surface area contributed by atoms with Crippen molar-refractivity contribution in [1.29, 1.82) is 0 Å². The minimum absolute atomic E-state index is 0.197. The first-order valence-corrected chi connectivity index (χ1v) is 6.00. The maximum atomic E-state index is 13.2. The molecule has 3 rings (SSSR count). The third kappa shape index (κ3) is 1.80. The average Bonchev–Trinajstić information content (AvgIpc) is 2.84. The fraction of sp³-hybridized carbons (Fsp3) is 0.385. The first-order valence-electron chi connectivity index (χ1n) is 6.00. The highest BCUT2D eigenvalue weighted by molar-refractivity contribution is 5.39. The molecule has 2 N–H and O–H groups in total. The summed E-state index contributed by atoms with van der Waals surface area (Å²) in [6.07, 6.45) is 4.15. The smallest absolute Gasteiger partial charge is 0.123 e. The van der Waals surface area contributed by atoms with Gasteiger partial charge in [0.25, 0.3) is 0 Å². The van der Waals surface area contributed by atoms with Crippen LogP contribution in [0.1, 0.15) is 23.2 Å². The Bertz CT molecular complexity index is 592. The van der Waals surface area contributed by atoms with Crippen LogP contribution in [0, 0.1) is 5.82 Å². The summed E-state index contributed by atoms with van der Waals surface area (Å²) in [6.45, 7) is 0. The van der Waals surface area contributed by atoms with E-state index in [-0.39, 0.29) is 5.82 Å². The summed E-state index contributed by atoms with van der Waals surface area (Å²) < 4.78 is 14.8. The second kappa shape index (κ2) is 3.88. The molecule has 0 spiro atoms. The van der Waals surface area contributed by atoms with Gasteiger partial charge < -0.3 is 5.73 Å². The van der Waals surface area contributed by atoms with Crippen LogP contribution in [0.2, 0.25) is 0 Å². The zero-order valence-electron chi connectivity index (χ0n) is 10.2. The van der Waals surface area contributed by atoms with Crippen LogP contribution >= 0.6 is 0 Å². The summed E-state index contributed by atoms with van der Waals surface area (Å²) in [6, 6.07) is 4.86. The Balaban J connectivity index is 1.94. The second-order valence-corrected chi connectivity index (χ2v) is 5.02. The molecule has 0 bridgehead atoms. The normalized spacial score (nSPS) is 22.2. The molecule has 1 aromatic carbocycles. The molecule has 5 heteroatoms. The van der Waals surface area contributed by atoms with Gasteiger partial charge in [-0.15, -0.1) is 5.10 Å². The van der Waals surface area contributed by atoms with Gasteiger partial charge in [0.2, 0.25) is 0 Å². The van der Waals surface area contributed by atoms with E-state index < -0.39 is 5.54 Å². The van der Waals surface area contributed by atoms with Crippen LogP contribution < -0.4 is 5.73 Å². The van der Waals surface area contributed by atoms with Gasteiger partial charge in [0.15, 0.2) is 0 Å². The minimum atomic E-state index is -0.445. The van der Waals surface area contributed by atoms with E-state index in [2.05, 4.69) is 10.3 Å². The number of nitrogens with two attached hydrogens (primary N) is 1. The summed E-state index contributed by atoms with van der Waals surface area (Å²) in [5, 5.41) is 7.98. The van der Waals surface area contributed by atoms with E-state index in [1.165, 1.54) is 6.07 Å². The van der Waals surface area contributed by atoms with Gasteiger partial charge in [-0.25, -0.2) is 4.39 Å². The quantitative estimate of drug-likeness (QED) is 0.869. The van der Waals surface area contributed by atoms with E-state index in [0.717, 1.165) is 29.7 Å². The lowest BCUT2D eigenvalue weighted by Gasteiger charge is -2.24. The van der Waals surface area contributed by atoms with E-state index >= 15 is 0 Å². The Morgan fingerprint density at radius 2 is 2.33 bits per heavy atom. The third-order valence-electron chi connectivity index (χ3n) is 3.59. The van der Waals surface area contributed by atoms with Gasteiger partial charge in [0.1, 0.15) is 5.82 Å². The van der Waals surface area contributed by atoms with Crippen molar-refractivity contribution in [2.45, 2.75) is 24.8 Å². The Morgan fingerprint density at radius 1 is 1.50 bits per heavy atom. The molecule has 1 aliphatic carbocycles. The highest BCUT2D eigenvalue weighted by Crippen LogP contribution is 2.37. The number of aromatic nitrogens is 3. The van der Waals surface area contributed by atoms with E-state index in [1.807, 2.05) is 13.2 Å². The lowest BCUT2D eigenvalue weighted by molar-refractivity contribution is 0.433. The van der Waals surface area contributed by atoms with Gasteiger partial charge in [-0.1, -0.05) is 11.3 Å². The molecule has 0 aliphatic heterocycles. The standard InChI is InChI=1S/C13H15FN4/c1-18-8-11(16-17-18)7-13(15)5-4-9-6-10(14)2-3-12(9)13/h2-3,6,8H,4-5,7,15H2,1H3. The number of halogens is 1. The first-order chi connectivity index (χ1) is 8.57. The van der Waals surface area contributed by atoms with Crippen molar-refractivity contribution in [1.82, 2.24) is 15.0 Å². The lowest BCUT2D eigenvalue weighted by Crippen LogP contribution is -2.36. The Labute approximate surface area is 105 Å². The molecule has 2 aromatic rings. The van der Waals surface area contributed by atoms with Crippen LogP contribution in [-0.4, -0.2) is 15.0 Å². The minimum Gasteiger partial charge on any atom is -0.321 e. The largest absolute Gasteiger partial charge is 0.321 e. The maximum absolute atomic E-state index is 13.2. The summed E-state index contributed by atoms with van der Waals surface area (Å²) >= 11 is 0. The van der Waals surface area contributed by atoms with Crippen molar-refractivity contribution >= 4 is 0 Å². The second-order valence-electron chi connectivity index (χ2n) is 5.02. The van der Waals surface area contributed by atoms with Crippen molar-refractivity contribution in [2.75, 3.05) is 0 Å². The fourth-order valence-electron chi connectivity index (χ4n) is 2.73. The molecule has 0 amide bonds. The van der Waals surface area contributed by atoms with Gasteiger partial charge in [-0.05, 0) is 36.1 Å². The molecule has 0 saturated carbocycles. The molecule has 0 saturated heterocycles. The Kier molecular flexibility index (Phi) is 2.45. The Hall–Kier alpha value is -1.75. The SMILES string of the molecule is Cn1cc(CC2(N)CCc3cc(F)ccc32)nn1. The number of hydrogen-bond donors (Lipinski definition) is 1. The highest BCUT2D eigenvalue weighted by Gasteiger charge is 2.35. The summed E-state index contributed by atoms with van der Waals surface area (Å²) in [5.74, 6) is -0.197. The fourth-order valence-corrected chi connectivity index (χ4v) is 2.73. The highest BCUT2D eigenvalue weighted by atomic mass is 19.1. The van der Waals surface area contributed by atoms with Gasteiger partial charge in [-0.3, -0.25) is 4.68 Å². The zero-order valence-corrected chi connectivity index (χ0v) is 10.2. The topological polar surface area (TPSA) is 56.7 Å². The average molecular weight is 246 g/mol. The van der Waals surface area contributed by atoms with Crippen molar-refractivity contribution in [3.05, 3.63) is 47.0 Å². The maximum Gasteiger partial charge on any atom is 0.123 e. The molecule has 4 nitrogen and oxygen atoms in total. The van der Waals surface area contributed by atoms with Crippen LogP contribution in [0.5, 0.6) is 0 Å². The number of rotatable bonds is 2. The summed E-state index contributed by atoms with van der Waals surface area (Å²) in [7, 11) is 1.83. The number of aryl methyl sites for hydroxylation is 2. The summed E-state index contributed by atoms with van der Waals surface area (Å²) in [5.41, 5.74) is 8.94. The summed E-state index contributed by atoms with van der Waals surface area (Å²) in [4.78, 5) is 0. The van der Waals surface area contributed by atoms with Crippen molar-refractivity contribution in [3.8, 4) is 0 Å². The van der Waals surface area contributed by atoms with E-state index in [1.54, 1.807) is 16.8 Å². The van der Waals surface area contributed by atoms with Crippen LogP contribution in [0.15, 0.2) is 24.4 Å². The predicted octanol–water partition coefficient (Wildman–Crippen LogP) is 1.30. The molecule has 94 valence electrons. The number of nitrogens with zero attached hydrogens (tertiary/aromatic N) is 3. The van der Waals surface area contributed by atoms with Crippen molar-refractivity contribution < 1.29 is 4.39 Å². The molecular formula is C13H15FN4. The van der Waals surface area contributed by atoms with Crippen LogP contribution in [-0.2, 0) is 25.4 Å². The van der Waals surface area contributed by atoms with Crippen molar-refractivity contribution in [3.63, 3.8) is 0 Å². The molecule has 18 heavy (non-hydrogen) atoms. The van der Waals surface area contributed by atoms with Gasteiger partial charge in [0, 0.05) is 25.2 Å². The monoisotopic (exact) mass is 246 g/mol. The molecule has 0 fully saturated rings. The van der Waals surface area contributed by atoms with Crippen LogP contribution in [0.3, 0.4) is 0 Å². The zero-order chi connectivity index (χ0) is 12.8. The van der Waals surface area contributed by atoms with E-state index in [4.69, 9.17) is 5.73 Å². The molecule has 1 atom stereocenters. The number of fused-ring (bicyclic) bond motifs is 1. The molecular weight excluding hydrogens is 231 g/mol. The molecule has 1 heterocycles. The third-order valence-corrected chi connectivity index (χ3v) is 3.59. The predicted molar refractivity (Wildman–Crippen MR) is 65.3 cm³/mol.